The minimum atomic E-state index is 0.306. The van der Waals surface area contributed by atoms with Crippen LogP contribution in [0, 0.1) is 0 Å². The van der Waals surface area contributed by atoms with Crippen molar-refractivity contribution in [3.63, 3.8) is 0 Å². The fraction of sp³-hybridized carbons (Fsp3) is 1.00. The van der Waals surface area contributed by atoms with Gasteiger partial charge in [-0.3, -0.25) is 4.90 Å². The van der Waals surface area contributed by atoms with E-state index in [1.807, 2.05) is 0 Å². The average Bonchev–Trinajstić information content (AvgIpc) is 2.16. The number of nitrogens with zero attached hydrogens (tertiary/aromatic N) is 1. The Balaban J connectivity index is 2.44. The van der Waals surface area contributed by atoms with Gasteiger partial charge in [0.1, 0.15) is 0 Å². The van der Waals surface area contributed by atoms with Crippen molar-refractivity contribution in [3.8, 4) is 0 Å². The minimum absolute atomic E-state index is 0.306. The normalized spacial score (nSPS) is 29.5. The molecule has 1 aliphatic heterocycles. The molecule has 0 saturated carbocycles. The monoisotopic (exact) mass is 186 g/mol. The molecule has 3 nitrogen and oxygen atoms in total. The Morgan fingerprint density at radius 2 is 2.23 bits per heavy atom. The van der Waals surface area contributed by atoms with Gasteiger partial charge in [0.25, 0.3) is 0 Å². The van der Waals surface area contributed by atoms with Crippen LogP contribution in [0.1, 0.15) is 26.7 Å². The smallest absolute Gasteiger partial charge is 0.0636 e. The van der Waals surface area contributed by atoms with Crippen LogP contribution in [0.2, 0.25) is 0 Å². The quantitative estimate of drug-likeness (QED) is 0.707. The maximum absolute atomic E-state index is 6.06. The third-order valence-corrected chi connectivity index (χ3v) is 2.76. The van der Waals surface area contributed by atoms with Crippen LogP contribution < -0.4 is 5.73 Å². The van der Waals surface area contributed by atoms with E-state index in [1.165, 1.54) is 6.42 Å². The van der Waals surface area contributed by atoms with Crippen molar-refractivity contribution in [3.05, 3.63) is 0 Å². The molecule has 1 fully saturated rings. The predicted molar refractivity (Wildman–Crippen MR) is 54.7 cm³/mol. The molecular weight excluding hydrogens is 164 g/mol. The van der Waals surface area contributed by atoms with Crippen molar-refractivity contribution in [2.45, 2.75) is 38.8 Å². The van der Waals surface area contributed by atoms with Crippen molar-refractivity contribution in [1.82, 2.24) is 4.90 Å². The summed E-state index contributed by atoms with van der Waals surface area (Å²) >= 11 is 0. The maximum atomic E-state index is 6.06. The molecule has 3 heteroatoms. The minimum Gasteiger partial charge on any atom is -0.380 e. The number of hydrogen-bond donors (Lipinski definition) is 1. The first-order chi connectivity index (χ1) is 6.29. The van der Waals surface area contributed by atoms with Gasteiger partial charge in [-0.25, -0.2) is 0 Å². The molecule has 0 radical (unpaired) electrons. The summed E-state index contributed by atoms with van der Waals surface area (Å²) in [6.45, 7) is 8.26. The van der Waals surface area contributed by atoms with Crippen molar-refractivity contribution in [1.29, 1.82) is 0 Å². The maximum Gasteiger partial charge on any atom is 0.0636 e. The molecule has 0 amide bonds. The molecule has 0 aromatic heterocycles. The molecule has 1 heterocycles. The molecule has 2 atom stereocenters. The highest BCUT2D eigenvalue weighted by molar-refractivity contribution is 4.84. The fourth-order valence-corrected chi connectivity index (χ4v) is 1.96. The lowest BCUT2D eigenvalue weighted by molar-refractivity contribution is 0.00766. The SMILES string of the molecule is CCCN(CC)C1COCCC1N. The van der Waals surface area contributed by atoms with Crippen LogP contribution in [0.5, 0.6) is 0 Å². The summed E-state index contributed by atoms with van der Waals surface area (Å²) in [7, 11) is 0. The van der Waals surface area contributed by atoms with E-state index >= 15 is 0 Å². The highest BCUT2D eigenvalue weighted by Gasteiger charge is 2.26. The van der Waals surface area contributed by atoms with Crippen molar-refractivity contribution >= 4 is 0 Å². The number of ether oxygens (including phenoxy) is 1. The third kappa shape index (κ3) is 2.93. The molecule has 0 aromatic rings. The molecule has 0 aliphatic carbocycles. The van der Waals surface area contributed by atoms with E-state index in [4.69, 9.17) is 10.5 Å². The summed E-state index contributed by atoms with van der Waals surface area (Å²) in [6.07, 6.45) is 2.20. The van der Waals surface area contributed by atoms with Crippen LogP contribution in [0.4, 0.5) is 0 Å². The van der Waals surface area contributed by atoms with Gasteiger partial charge in [-0.2, -0.15) is 0 Å². The second-order valence-corrected chi connectivity index (χ2v) is 3.72. The average molecular weight is 186 g/mol. The molecule has 0 aromatic carbocycles. The standard InChI is InChI=1S/C10H22N2O/c1-3-6-12(4-2)10-8-13-7-5-9(10)11/h9-10H,3-8,11H2,1-2H3. The summed E-state index contributed by atoms with van der Waals surface area (Å²) in [5.41, 5.74) is 6.06. The summed E-state index contributed by atoms with van der Waals surface area (Å²) in [5.74, 6) is 0. The van der Waals surface area contributed by atoms with Crippen molar-refractivity contribution in [2.24, 2.45) is 5.73 Å². The first-order valence-corrected chi connectivity index (χ1v) is 5.37. The Kier molecular flexibility index (Phi) is 4.70. The van der Waals surface area contributed by atoms with Crippen LogP contribution >= 0.6 is 0 Å². The molecule has 1 saturated heterocycles. The number of likely N-dealkylation sites (N-methyl/N-ethyl adjacent to an activating group) is 1. The lowest BCUT2D eigenvalue weighted by atomic mass is 10.0. The zero-order valence-corrected chi connectivity index (χ0v) is 8.83. The van der Waals surface area contributed by atoms with Gasteiger partial charge >= 0.3 is 0 Å². The second kappa shape index (κ2) is 5.58. The van der Waals surface area contributed by atoms with E-state index in [9.17, 15) is 0 Å². The molecular formula is C10H22N2O. The van der Waals surface area contributed by atoms with Crippen molar-refractivity contribution in [2.75, 3.05) is 26.3 Å². The molecule has 0 bridgehead atoms. The van der Waals surface area contributed by atoms with E-state index in [1.54, 1.807) is 0 Å². The Bertz CT molecular complexity index is 141. The lowest BCUT2D eigenvalue weighted by Crippen LogP contribution is -2.53. The Hall–Kier alpha value is -0.120. The second-order valence-electron chi connectivity index (χ2n) is 3.72. The van der Waals surface area contributed by atoms with Gasteiger partial charge in [0.05, 0.1) is 6.61 Å². The molecule has 1 rings (SSSR count). The van der Waals surface area contributed by atoms with E-state index < -0.39 is 0 Å². The number of rotatable bonds is 4. The molecule has 13 heavy (non-hydrogen) atoms. The lowest BCUT2D eigenvalue weighted by Gasteiger charge is -2.37. The van der Waals surface area contributed by atoms with Crippen LogP contribution in [0.15, 0.2) is 0 Å². The van der Waals surface area contributed by atoms with Crippen LogP contribution in [0.25, 0.3) is 0 Å². The first-order valence-electron chi connectivity index (χ1n) is 5.37. The van der Waals surface area contributed by atoms with Gasteiger partial charge in [-0.1, -0.05) is 13.8 Å². The fourth-order valence-electron chi connectivity index (χ4n) is 1.96. The van der Waals surface area contributed by atoms with E-state index in [0.29, 0.717) is 12.1 Å². The zero-order chi connectivity index (χ0) is 9.68. The summed E-state index contributed by atoms with van der Waals surface area (Å²) in [5, 5.41) is 0. The predicted octanol–water partition coefficient (Wildman–Crippen LogP) is 0.835. The van der Waals surface area contributed by atoms with Gasteiger partial charge in [-0.15, -0.1) is 0 Å². The molecule has 2 unspecified atom stereocenters. The van der Waals surface area contributed by atoms with Gasteiger partial charge in [-0.05, 0) is 25.9 Å². The molecule has 0 spiro atoms. The van der Waals surface area contributed by atoms with E-state index in [2.05, 4.69) is 18.7 Å². The summed E-state index contributed by atoms with van der Waals surface area (Å²) in [4.78, 5) is 2.43. The topological polar surface area (TPSA) is 38.5 Å². The zero-order valence-electron chi connectivity index (χ0n) is 8.83. The van der Waals surface area contributed by atoms with Gasteiger partial charge in [0.2, 0.25) is 0 Å². The van der Waals surface area contributed by atoms with Gasteiger partial charge < -0.3 is 10.5 Å². The molecule has 2 N–H and O–H groups in total. The Labute approximate surface area is 81.2 Å². The highest BCUT2D eigenvalue weighted by Crippen LogP contribution is 2.12. The Morgan fingerprint density at radius 3 is 2.77 bits per heavy atom. The summed E-state index contributed by atoms with van der Waals surface area (Å²) in [6, 6.07) is 0.749. The van der Waals surface area contributed by atoms with Gasteiger partial charge in [0.15, 0.2) is 0 Å². The van der Waals surface area contributed by atoms with E-state index in [-0.39, 0.29) is 0 Å². The first kappa shape index (κ1) is 11.0. The van der Waals surface area contributed by atoms with Gasteiger partial charge in [0, 0.05) is 18.7 Å². The molecule has 78 valence electrons. The molecule has 1 aliphatic rings. The number of nitrogens with two attached hydrogens (primary N) is 1. The largest absolute Gasteiger partial charge is 0.380 e. The van der Waals surface area contributed by atoms with Crippen molar-refractivity contribution < 1.29 is 4.74 Å². The Morgan fingerprint density at radius 1 is 1.46 bits per heavy atom. The third-order valence-electron chi connectivity index (χ3n) is 2.76. The van der Waals surface area contributed by atoms with Crippen LogP contribution in [-0.2, 0) is 4.74 Å². The highest BCUT2D eigenvalue weighted by atomic mass is 16.5. The van der Waals surface area contributed by atoms with E-state index in [0.717, 1.165) is 32.7 Å². The van der Waals surface area contributed by atoms with Crippen LogP contribution in [0.3, 0.4) is 0 Å². The van der Waals surface area contributed by atoms with Crippen LogP contribution in [-0.4, -0.2) is 43.3 Å². The summed E-state index contributed by atoms with van der Waals surface area (Å²) < 4.78 is 5.46. The number of hydrogen-bond acceptors (Lipinski definition) is 3.